The molecule has 0 bridgehead atoms. The van der Waals surface area contributed by atoms with Gasteiger partial charge in [0, 0.05) is 31.0 Å². The van der Waals surface area contributed by atoms with E-state index >= 15 is 0 Å². The molecule has 2 aromatic rings. The number of carbonyl (C=O) groups excluding carboxylic acids is 1. The second-order valence-corrected chi connectivity index (χ2v) is 5.91. The van der Waals surface area contributed by atoms with Crippen molar-refractivity contribution in [2.75, 3.05) is 6.54 Å². The van der Waals surface area contributed by atoms with E-state index in [0.717, 1.165) is 0 Å². The van der Waals surface area contributed by atoms with Crippen LogP contribution in [0.15, 0.2) is 47.6 Å². The van der Waals surface area contributed by atoms with Crippen LogP contribution < -0.4 is 0 Å². The fraction of sp³-hybridized carbons (Fsp3) is 0.250. The normalized spacial score (nSPS) is 11.4. The lowest BCUT2D eigenvalue weighted by atomic mass is 10.2. The standard InChI is InChI=1S/C16H14F4N2OS/c1-2-22(10-11-5-3-6-12(17)9-11)15(23)13-7-4-8-21-14(13)24-16(18,19)20/h3-9H,2,10H2,1H3. The van der Waals surface area contributed by atoms with Gasteiger partial charge in [-0.25, -0.2) is 9.37 Å². The number of aromatic nitrogens is 1. The summed E-state index contributed by atoms with van der Waals surface area (Å²) in [6, 6.07) is 8.43. The lowest BCUT2D eigenvalue weighted by Gasteiger charge is -2.22. The molecule has 0 saturated carbocycles. The van der Waals surface area contributed by atoms with Crippen molar-refractivity contribution in [1.82, 2.24) is 9.88 Å². The van der Waals surface area contributed by atoms with E-state index in [1.54, 1.807) is 13.0 Å². The molecule has 0 unspecified atom stereocenters. The van der Waals surface area contributed by atoms with Gasteiger partial charge in [0.1, 0.15) is 10.8 Å². The highest BCUT2D eigenvalue weighted by Crippen LogP contribution is 2.37. The van der Waals surface area contributed by atoms with Gasteiger partial charge in [0.2, 0.25) is 0 Å². The molecule has 0 spiro atoms. The van der Waals surface area contributed by atoms with Gasteiger partial charge >= 0.3 is 5.51 Å². The third kappa shape index (κ3) is 4.95. The van der Waals surface area contributed by atoms with Crippen LogP contribution in [0.25, 0.3) is 0 Å². The summed E-state index contributed by atoms with van der Waals surface area (Å²) in [7, 11) is 0. The van der Waals surface area contributed by atoms with Crippen molar-refractivity contribution in [3.05, 3.63) is 59.5 Å². The van der Waals surface area contributed by atoms with E-state index in [0.29, 0.717) is 5.56 Å². The van der Waals surface area contributed by atoms with Crippen molar-refractivity contribution >= 4 is 17.7 Å². The number of pyridine rings is 1. The molecule has 24 heavy (non-hydrogen) atoms. The average Bonchev–Trinajstić information content (AvgIpc) is 2.51. The van der Waals surface area contributed by atoms with Crippen molar-refractivity contribution < 1.29 is 22.4 Å². The van der Waals surface area contributed by atoms with E-state index in [1.165, 1.54) is 41.4 Å². The first-order valence-electron chi connectivity index (χ1n) is 7.04. The maximum absolute atomic E-state index is 13.3. The second kappa shape index (κ2) is 7.65. The third-order valence-corrected chi connectivity index (χ3v) is 3.90. The average molecular weight is 358 g/mol. The molecular formula is C16H14F4N2OS. The minimum absolute atomic E-state index is 0.0953. The van der Waals surface area contributed by atoms with E-state index in [9.17, 15) is 22.4 Å². The largest absolute Gasteiger partial charge is 0.447 e. The minimum atomic E-state index is -4.54. The Bertz CT molecular complexity index is 721. The molecule has 0 radical (unpaired) electrons. The van der Waals surface area contributed by atoms with Gasteiger partial charge in [-0.05, 0) is 36.8 Å². The van der Waals surface area contributed by atoms with Crippen LogP contribution in [0.5, 0.6) is 0 Å². The summed E-state index contributed by atoms with van der Waals surface area (Å²) in [5.41, 5.74) is -4.11. The van der Waals surface area contributed by atoms with Crippen molar-refractivity contribution in [2.45, 2.75) is 24.0 Å². The van der Waals surface area contributed by atoms with E-state index in [2.05, 4.69) is 4.98 Å². The smallest absolute Gasteiger partial charge is 0.335 e. The van der Waals surface area contributed by atoms with Crippen molar-refractivity contribution in [3.8, 4) is 0 Å². The predicted molar refractivity (Wildman–Crippen MR) is 83.0 cm³/mol. The van der Waals surface area contributed by atoms with Crippen LogP contribution in [0.4, 0.5) is 17.6 Å². The van der Waals surface area contributed by atoms with E-state index in [-0.39, 0.29) is 18.7 Å². The van der Waals surface area contributed by atoms with Gasteiger partial charge in [-0.3, -0.25) is 4.79 Å². The number of halogens is 4. The van der Waals surface area contributed by atoms with Gasteiger partial charge in [-0.2, -0.15) is 13.2 Å². The maximum Gasteiger partial charge on any atom is 0.447 e. The number of nitrogens with zero attached hydrogens (tertiary/aromatic N) is 2. The Hall–Kier alpha value is -2.09. The van der Waals surface area contributed by atoms with E-state index < -0.39 is 34.0 Å². The van der Waals surface area contributed by atoms with E-state index in [1.807, 2.05) is 0 Å². The molecule has 1 amide bonds. The zero-order chi connectivity index (χ0) is 17.7. The van der Waals surface area contributed by atoms with Gasteiger partial charge in [0.25, 0.3) is 5.91 Å². The first kappa shape index (κ1) is 18.3. The molecule has 0 N–H and O–H groups in total. The van der Waals surface area contributed by atoms with Crippen LogP contribution in [-0.4, -0.2) is 27.8 Å². The van der Waals surface area contributed by atoms with Crippen molar-refractivity contribution in [1.29, 1.82) is 0 Å². The number of rotatable bonds is 5. The fourth-order valence-corrected chi connectivity index (χ4v) is 2.70. The van der Waals surface area contributed by atoms with Crippen LogP contribution in [0.2, 0.25) is 0 Å². The number of amides is 1. The van der Waals surface area contributed by atoms with Gasteiger partial charge in [-0.1, -0.05) is 12.1 Å². The van der Waals surface area contributed by atoms with Gasteiger partial charge in [0.15, 0.2) is 0 Å². The molecule has 0 saturated heterocycles. The number of thioether (sulfide) groups is 1. The van der Waals surface area contributed by atoms with Crippen molar-refractivity contribution in [3.63, 3.8) is 0 Å². The zero-order valence-corrected chi connectivity index (χ0v) is 13.5. The number of carbonyl (C=O) groups is 1. The van der Waals surface area contributed by atoms with Crippen LogP contribution in [0.3, 0.4) is 0 Å². The zero-order valence-electron chi connectivity index (χ0n) is 12.7. The number of hydrogen-bond acceptors (Lipinski definition) is 3. The van der Waals surface area contributed by atoms with Crippen LogP contribution in [0, 0.1) is 5.82 Å². The third-order valence-electron chi connectivity index (χ3n) is 3.15. The molecule has 1 heterocycles. The van der Waals surface area contributed by atoms with Crippen LogP contribution in [-0.2, 0) is 6.54 Å². The molecular weight excluding hydrogens is 344 g/mol. The molecule has 0 fully saturated rings. The Labute approximate surface area is 140 Å². The Morgan fingerprint density at radius 1 is 1.25 bits per heavy atom. The summed E-state index contributed by atoms with van der Waals surface area (Å²) in [4.78, 5) is 17.6. The van der Waals surface area contributed by atoms with Crippen LogP contribution in [0.1, 0.15) is 22.8 Å². The number of benzene rings is 1. The van der Waals surface area contributed by atoms with Gasteiger partial charge < -0.3 is 4.90 Å². The summed E-state index contributed by atoms with van der Waals surface area (Å²) in [5.74, 6) is -1.02. The molecule has 3 nitrogen and oxygen atoms in total. The monoisotopic (exact) mass is 358 g/mol. The highest BCUT2D eigenvalue weighted by molar-refractivity contribution is 8.00. The SMILES string of the molecule is CCN(Cc1cccc(F)c1)C(=O)c1cccnc1SC(F)(F)F. The first-order chi connectivity index (χ1) is 11.3. The highest BCUT2D eigenvalue weighted by atomic mass is 32.2. The second-order valence-electron chi connectivity index (χ2n) is 4.85. The summed E-state index contributed by atoms with van der Waals surface area (Å²) in [5, 5.41) is -0.396. The minimum Gasteiger partial charge on any atom is -0.335 e. The van der Waals surface area contributed by atoms with Crippen LogP contribution >= 0.6 is 11.8 Å². The Balaban J connectivity index is 2.25. The maximum atomic E-state index is 13.3. The van der Waals surface area contributed by atoms with Gasteiger partial charge in [0.05, 0.1) is 5.56 Å². The quantitative estimate of drug-likeness (QED) is 0.583. The number of alkyl halides is 3. The van der Waals surface area contributed by atoms with Gasteiger partial charge in [-0.15, -0.1) is 0 Å². The molecule has 0 atom stereocenters. The lowest BCUT2D eigenvalue weighted by Crippen LogP contribution is -2.31. The lowest BCUT2D eigenvalue weighted by molar-refractivity contribution is -0.0329. The molecule has 1 aromatic carbocycles. The Kier molecular flexibility index (Phi) is 5.82. The summed E-state index contributed by atoms with van der Waals surface area (Å²) in [6.07, 6.45) is 1.20. The summed E-state index contributed by atoms with van der Waals surface area (Å²) in [6.45, 7) is 2.06. The highest BCUT2D eigenvalue weighted by Gasteiger charge is 2.33. The van der Waals surface area contributed by atoms with Crippen molar-refractivity contribution in [2.24, 2.45) is 0 Å². The molecule has 1 aromatic heterocycles. The molecule has 0 aliphatic rings. The van der Waals surface area contributed by atoms with E-state index in [4.69, 9.17) is 0 Å². The summed E-state index contributed by atoms with van der Waals surface area (Å²) >= 11 is -0.426. The number of hydrogen-bond donors (Lipinski definition) is 0. The molecule has 128 valence electrons. The molecule has 0 aliphatic heterocycles. The Morgan fingerprint density at radius 3 is 2.62 bits per heavy atom. The Morgan fingerprint density at radius 2 is 2.00 bits per heavy atom. The topological polar surface area (TPSA) is 33.2 Å². The molecule has 8 heteroatoms. The fourth-order valence-electron chi connectivity index (χ4n) is 2.10. The molecule has 2 rings (SSSR count). The first-order valence-corrected chi connectivity index (χ1v) is 7.86. The summed E-state index contributed by atoms with van der Waals surface area (Å²) < 4.78 is 51.1. The molecule has 0 aliphatic carbocycles. The predicted octanol–water partition coefficient (Wildman–Crippen LogP) is 4.49.